The van der Waals surface area contributed by atoms with E-state index >= 15 is 0 Å². The second-order valence-corrected chi connectivity index (χ2v) is 7.26. The van der Waals surface area contributed by atoms with Gasteiger partial charge in [-0.3, -0.25) is 0 Å². The van der Waals surface area contributed by atoms with E-state index in [1.165, 1.54) is 0 Å². The normalized spacial score (nSPS) is 18.1. The number of rotatable bonds is 8. The second kappa shape index (κ2) is 6.89. The summed E-state index contributed by atoms with van der Waals surface area (Å²) in [5, 5.41) is 9.94. The molecular weight excluding hydrogens is 264 g/mol. The van der Waals surface area contributed by atoms with Crippen LogP contribution in [-0.2, 0) is 10.0 Å². The second-order valence-electron chi connectivity index (χ2n) is 5.10. The van der Waals surface area contributed by atoms with Gasteiger partial charge >= 0.3 is 0 Å². The van der Waals surface area contributed by atoms with Crippen molar-refractivity contribution in [1.29, 1.82) is 0 Å². The standard InChI is InChI=1S/C10H23ClN2O3S/c1-9(5-11)6-17(15,16)12-7-10(2,14)8-13(3)4/h9,12,14H,5-8H2,1-4H3. The van der Waals surface area contributed by atoms with E-state index in [1.807, 2.05) is 14.1 Å². The molecule has 0 bridgehead atoms. The van der Waals surface area contributed by atoms with Crippen molar-refractivity contribution in [2.45, 2.75) is 19.4 Å². The largest absolute Gasteiger partial charge is 0.387 e. The van der Waals surface area contributed by atoms with E-state index in [-0.39, 0.29) is 18.2 Å². The number of hydrogen-bond donors (Lipinski definition) is 2. The monoisotopic (exact) mass is 286 g/mol. The van der Waals surface area contributed by atoms with Crippen molar-refractivity contribution < 1.29 is 13.5 Å². The molecule has 0 spiro atoms. The predicted molar refractivity (Wildman–Crippen MR) is 70.9 cm³/mol. The van der Waals surface area contributed by atoms with Crippen LogP contribution >= 0.6 is 11.6 Å². The summed E-state index contributed by atoms with van der Waals surface area (Å²) < 4.78 is 25.7. The molecule has 104 valence electrons. The molecule has 0 amide bonds. The number of nitrogens with one attached hydrogen (secondary N) is 1. The van der Waals surface area contributed by atoms with Gasteiger partial charge in [-0.1, -0.05) is 6.92 Å². The van der Waals surface area contributed by atoms with E-state index in [0.29, 0.717) is 12.4 Å². The van der Waals surface area contributed by atoms with E-state index in [1.54, 1.807) is 18.7 Å². The minimum Gasteiger partial charge on any atom is -0.387 e. The van der Waals surface area contributed by atoms with Crippen LogP contribution in [-0.4, -0.2) is 62.8 Å². The Bertz CT molecular complexity index is 318. The number of nitrogens with zero attached hydrogens (tertiary/aromatic N) is 1. The van der Waals surface area contributed by atoms with Crippen molar-refractivity contribution in [2.75, 3.05) is 38.8 Å². The van der Waals surface area contributed by atoms with Gasteiger partial charge in [-0.2, -0.15) is 0 Å². The lowest BCUT2D eigenvalue weighted by Crippen LogP contribution is -2.47. The summed E-state index contributed by atoms with van der Waals surface area (Å²) in [7, 11) is 0.261. The van der Waals surface area contributed by atoms with Gasteiger partial charge in [-0.25, -0.2) is 13.1 Å². The van der Waals surface area contributed by atoms with Gasteiger partial charge in [0.15, 0.2) is 0 Å². The molecule has 5 nitrogen and oxygen atoms in total. The van der Waals surface area contributed by atoms with Crippen LogP contribution in [0.5, 0.6) is 0 Å². The Labute approximate surface area is 109 Å². The maximum atomic E-state index is 11.6. The maximum Gasteiger partial charge on any atom is 0.211 e. The van der Waals surface area contributed by atoms with Crippen molar-refractivity contribution in [3.63, 3.8) is 0 Å². The molecule has 0 fully saturated rings. The van der Waals surface area contributed by atoms with E-state index in [4.69, 9.17) is 11.6 Å². The molecule has 0 saturated heterocycles. The number of alkyl halides is 1. The average Bonchev–Trinajstić information content (AvgIpc) is 2.12. The molecule has 0 aromatic carbocycles. The first-order chi connectivity index (χ1) is 7.58. The van der Waals surface area contributed by atoms with Gasteiger partial charge in [-0.15, -0.1) is 11.6 Å². The molecule has 2 unspecified atom stereocenters. The van der Waals surface area contributed by atoms with Crippen LogP contribution in [0.4, 0.5) is 0 Å². The quantitative estimate of drug-likeness (QED) is 0.621. The van der Waals surface area contributed by atoms with Crippen LogP contribution in [0.1, 0.15) is 13.8 Å². The lowest BCUT2D eigenvalue weighted by molar-refractivity contribution is 0.0386. The summed E-state index contributed by atoms with van der Waals surface area (Å²) in [5.41, 5.74) is -1.08. The van der Waals surface area contributed by atoms with Crippen LogP contribution < -0.4 is 4.72 Å². The fourth-order valence-corrected chi connectivity index (χ4v) is 3.23. The minimum absolute atomic E-state index is 0.00250. The summed E-state index contributed by atoms with van der Waals surface area (Å²) in [4.78, 5) is 1.80. The first-order valence-corrected chi connectivity index (χ1v) is 7.67. The predicted octanol–water partition coefficient (Wildman–Crippen LogP) is 0.0933. The summed E-state index contributed by atoms with van der Waals surface area (Å²) in [6.07, 6.45) is 0. The first-order valence-electron chi connectivity index (χ1n) is 5.48. The molecule has 7 heteroatoms. The zero-order chi connectivity index (χ0) is 13.7. The van der Waals surface area contributed by atoms with Crippen LogP contribution in [0.2, 0.25) is 0 Å². The lowest BCUT2D eigenvalue weighted by Gasteiger charge is -2.27. The fourth-order valence-electron chi connectivity index (χ4n) is 1.48. The zero-order valence-corrected chi connectivity index (χ0v) is 12.5. The van der Waals surface area contributed by atoms with Crippen molar-refractivity contribution in [2.24, 2.45) is 5.92 Å². The van der Waals surface area contributed by atoms with Crippen molar-refractivity contribution in [3.8, 4) is 0 Å². The molecule has 0 radical (unpaired) electrons. The third-order valence-electron chi connectivity index (χ3n) is 2.10. The molecule has 0 aromatic rings. The highest BCUT2D eigenvalue weighted by molar-refractivity contribution is 7.89. The minimum atomic E-state index is -3.37. The third kappa shape index (κ3) is 8.79. The van der Waals surface area contributed by atoms with Gasteiger partial charge in [0.25, 0.3) is 0 Å². The zero-order valence-electron chi connectivity index (χ0n) is 10.9. The summed E-state index contributed by atoms with van der Waals surface area (Å²) in [6, 6.07) is 0. The molecule has 0 aliphatic heterocycles. The Morgan fingerprint density at radius 1 is 1.47 bits per heavy atom. The fraction of sp³-hybridized carbons (Fsp3) is 1.00. The van der Waals surface area contributed by atoms with Gasteiger partial charge in [0.05, 0.1) is 11.4 Å². The third-order valence-corrected chi connectivity index (χ3v) is 4.22. The molecule has 2 atom stereocenters. The van der Waals surface area contributed by atoms with Gasteiger partial charge in [0, 0.05) is 19.0 Å². The van der Waals surface area contributed by atoms with E-state index in [2.05, 4.69) is 4.72 Å². The molecule has 0 heterocycles. The topological polar surface area (TPSA) is 69.6 Å². The smallest absolute Gasteiger partial charge is 0.211 e. The van der Waals surface area contributed by atoms with Crippen molar-refractivity contribution in [3.05, 3.63) is 0 Å². The molecule has 0 aliphatic rings. The Balaban J connectivity index is 4.26. The van der Waals surface area contributed by atoms with Crippen LogP contribution in [0, 0.1) is 5.92 Å². The van der Waals surface area contributed by atoms with E-state index < -0.39 is 15.6 Å². The Morgan fingerprint density at radius 2 is 2.00 bits per heavy atom. The van der Waals surface area contributed by atoms with Crippen LogP contribution in [0.3, 0.4) is 0 Å². The van der Waals surface area contributed by atoms with E-state index in [9.17, 15) is 13.5 Å². The van der Waals surface area contributed by atoms with Crippen molar-refractivity contribution >= 4 is 21.6 Å². The highest BCUT2D eigenvalue weighted by atomic mass is 35.5. The maximum absolute atomic E-state index is 11.6. The van der Waals surface area contributed by atoms with Crippen molar-refractivity contribution in [1.82, 2.24) is 9.62 Å². The van der Waals surface area contributed by atoms with Gasteiger partial charge in [0.1, 0.15) is 0 Å². The number of aliphatic hydroxyl groups is 1. The summed E-state index contributed by atoms with van der Waals surface area (Å²) >= 11 is 5.57. The molecule has 2 N–H and O–H groups in total. The van der Waals surface area contributed by atoms with Gasteiger partial charge in [-0.05, 0) is 26.9 Å². The molecule has 0 rings (SSSR count). The molecule has 0 saturated carbocycles. The molecule has 0 aliphatic carbocycles. The number of halogens is 1. The Kier molecular flexibility index (Phi) is 6.94. The number of sulfonamides is 1. The summed E-state index contributed by atoms with van der Waals surface area (Å²) in [6.45, 7) is 3.76. The average molecular weight is 287 g/mol. The van der Waals surface area contributed by atoms with Gasteiger partial charge < -0.3 is 10.0 Å². The first kappa shape index (κ1) is 17.1. The highest BCUT2D eigenvalue weighted by Gasteiger charge is 2.24. The SMILES string of the molecule is CC(CCl)CS(=O)(=O)NCC(C)(O)CN(C)C. The van der Waals surface area contributed by atoms with Crippen LogP contribution in [0.25, 0.3) is 0 Å². The Hall–Kier alpha value is 0.120. The summed E-state index contributed by atoms with van der Waals surface area (Å²) in [5.74, 6) is 0.178. The van der Waals surface area contributed by atoms with Gasteiger partial charge in [0.2, 0.25) is 10.0 Å². The van der Waals surface area contributed by atoms with Crippen LogP contribution in [0.15, 0.2) is 0 Å². The molecular formula is C10H23ClN2O3S. The number of hydrogen-bond acceptors (Lipinski definition) is 4. The molecule has 0 aromatic heterocycles. The number of likely N-dealkylation sites (N-methyl/N-ethyl adjacent to an activating group) is 1. The lowest BCUT2D eigenvalue weighted by atomic mass is 10.1. The Morgan fingerprint density at radius 3 is 2.41 bits per heavy atom. The van der Waals surface area contributed by atoms with E-state index in [0.717, 1.165) is 0 Å². The highest BCUT2D eigenvalue weighted by Crippen LogP contribution is 2.06. The molecule has 17 heavy (non-hydrogen) atoms.